The lowest BCUT2D eigenvalue weighted by Gasteiger charge is -2.40. The van der Waals surface area contributed by atoms with E-state index in [1.54, 1.807) is 0 Å². The van der Waals surface area contributed by atoms with E-state index in [9.17, 15) is 0 Å². The van der Waals surface area contributed by atoms with E-state index in [0.29, 0.717) is 0 Å². The first-order valence-electron chi connectivity index (χ1n) is 6.37. The quantitative estimate of drug-likeness (QED) is 0.758. The van der Waals surface area contributed by atoms with Crippen LogP contribution in [0.4, 0.5) is 0 Å². The fraction of sp³-hybridized carbons (Fsp3) is 0.467. The Morgan fingerprint density at radius 3 is 2.88 bits per heavy atom. The van der Waals surface area contributed by atoms with Crippen LogP contribution in [-0.2, 0) is 6.42 Å². The summed E-state index contributed by atoms with van der Waals surface area (Å²) in [4.78, 5) is 0. The maximum Gasteiger partial charge on any atom is 0.0136 e. The highest BCUT2D eigenvalue weighted by Crippen LogP contribution is 2.42. The summed E-state index contributed by atoms with van der Waals surface area (Å²) >= 11 is 0. The smallest absolute Gasteiger partial charge is 0.0136 e. The molecule has 2 aliphatic rings. The molecule has 0 heterocycles. The van der Waals surface area contributed by atoms with Gasteiger partial charge in [-0.3, -0.25) is 0 Å². The third kappa shape index (κ3) is 1.92. The molecule has 1 N–H and O–H groups in total. The summed E-state index contributed by atoms with van der Waals surface area (Å²) in [6.45, 7) is 1.12. The first-order valence-corrected chi connectivity index (χ1v) is 6.37. The van der Waals surface area contributed by atoms with Crippen molar-refractivity contribution in [2.45, 2.75) is 25.3 Å². The molecular formula is C15H19N. The minimum absolute atomic E-state index is 0.757. The monoisotopic (exact) mass is 213 g/mol. The molecule has 3 atom stereocenters. The van der Waals surface area contributed by atoms with Crippen LogP contribution in [0.1, 0.15) is 18.4 Å². The summed E-state index contributed by atoms with van der Waals surface area (Å²) in [5.74, 6) is 1.81. The van der Waals surface area contributed by atoms with Gasteiger partial charge in [-0.05, 0) is 43.2 Å². The molecule has 0 spiro atoms. The Kier molecular flexibility index (Phi) is 2.79. The van der Waals surface area contributed by atoms with E-state index in [0.717, 1.165) is 30.8 Å². The lowest BCUT2D eigenvalue weighted by atomic mass is 9.71. The second kappa shape index (κ2) is 4.42. The number of hydrogen-bond acceptors (Lipinski definition) is 1. The van der Waals surface area contributed by atoms with Gasteiger partial charge in [0.05, 0.1) is 0 Å². The van der Waals surface area contributed by atoms with Crippen LogP contribution in [0, 0.1) is 11.8 Å². The van der Waals surface area contributed by atoms with Crippen molar-refractivity contribution in [1.29, 1.82) is 0 Å². The number of allylic oxidation sites excluding steroid dienone is 1. The van der Waals surface area contributed by atoms with Crippen LogP contribution in [0.3, 0.4) is 0 Å². The molecule has 84 valence electrons. The first-order chi connectivity index (χ1) is 7.93. The predicted octanol–water partition coefficient (Wildman–Crippen LogP) is 2.78. The summed E-state index contributed by atoms with van der Waals surface area (Å²) < 4.78 is 0. The summed E-state index contributed by atoms with van der Waals surface area (Å²) in [5, 5.41) is 3.69. The van der Waals surface area contributed by atoms with E-state index >= 15 is 0 Å². The lowest BCUT2D eigenvalue weighted by molar-refractivity contribution is 0.164. The molecule has 0 aromatic heterocycles. The average molecular weight is 213 g/mol. The van der Waals surface area contributed by atoms with E-state index in [-0.39, 0.29) is 0 Å². The zero-order valence-corrected chi connectivity index (χ0v) is 9.60. The highest BCUT2D eigenvalue weighted by atomic mass is 14.9. The number of nitrogens with one attached hydrogen (secondary N) is 1. The molecule has 0 bridgehead atoms. The van der Waals surface area contributed by atoms with E-state index in [4.69, 9.17) is 0 Å². The highest BCUT2D eigenvalue weighted by molar-refractivity contribution is 5.16. The molecule has 3 unspecified atom stereocenters. The van der Waals surface area contributed by atoms with Crippen LogP contribution in [0.5, 0.6) is 0 Å². The summed E-state index contributed by atoms with van der Waals surface area (Å²) in [7, 11) is 0. The zero-order chi connectivity index (χ0) is 10.8. The Morgan fingerprint density at radius 2 is 2.06 bits per heavy atom. The fourth-order valence-electron chi connectivity index (χ4n) is 2.99. The summed E-state index contributed by atoms with van der Waals surface area (Å²) in [5.41, 5.74) is 1.44. The predicted molar refractivity (Wildman–Crippen MR) is 67.3 cm³/mol. The molecule has 1 heteroatoms. The van der Waals surface area contributed by atoms with Crippen LogP contribution in [0.15, 0.2) is 42.5 Å². The minimum Gasteiger partial charge on any atom is -0.313 e. The normalized spacial score (nSPS) is 31.1. The Bertz CT molecular complexity index is 368. The molecule has 0 amide bonds. The van der Waals surface area contributed by atoms with Gasteiger partial charge in [-0.1, -0.05) is 42.5 Å². The van der Waals surface area contributed by atoms with Gasteiger partial charge < -0.3 is 5.32 Å². The van der Waals surface area contributed by atoms with Gasteiger partial charge in [0.25, 0.3) is 0 Å². The molecule has 1 aromatic carbocycles. The Balaban J connectivity index is 1.43. The highest BCUT2D eigenvalue weighted by Gasteiger charge is 2.40. The maximum absolute atomic E-state index is 3.69. The van der Waals surface area contributed by atoms with Gasteiger partial charge >= 0.3 is 0 Å². The third-order valence-corrected chi connectivity index (χ3v) is 4.03. The molecule has 0 radical (unpaired) electrons. The van der Waals surface area contributed by atoms with Crippen LogP contribution < -0.4 is 5.32 Å². The molecular weight excluding hydrogens is 194 g/mol. The SMILES string of the molecule is C1=CC2C(C1)CC2NCCc1ccccc1. The fourth-order valence-corrected chi connectivity index (χ4v) is 2.99. The molecule has 1 nitrogen and oxygen atoms in total. The number of fused-ring (bicyclic) bond motifs is 1. The molecule has 1 aromatic rings. The van der Waals surface area contributed by atoms with E-state index in [2.05, 4.69) is 47.8 Å². The van der Waals surface area contributed by atoms with Crippen LogP contribution in [0.2, 0.25) is 0 Å². The molecule has 1 fully saturated rings. The molecule has 0 saturated heterocycles. The molecule has 0 aliphatic heterocycles. The van der Waals surface area contributed by atoms with Crippen molar-refractivity contribution in [2.24, 2.45) is 11.8 Å². The van der Waals surface area contributed by atoms with Gasteiger partial charge in [0.15, 0.2) is 0 Å². The largest absolute Gasteiger partial charge is 0.313 e. The number of rotatable bonds is 4. The maximum atomic E-state index is 3.69. The molecule has 2 aliphatic carbocycles. The van der Waals surface area contributed by atoms with Gasteiger partial charge in [-0.15, -0.1) is 0 Å². The van der Waals surface area contributed by atoms with Crippen LogP contribution in [0.25, 0.3) is 0 Å². The van der Waals surface area contributed by atoms with E-state index < -0.39 is 0 Å². The first kappa shape index (κ1) is 10.1. The van der Waals surface area contributed by atoms with E-state index in [1.165, 1.54) is 18.4 Å². The van der Waals surface area contributed by atoms with Gasteiger partial charge in [0.1, 0.15) is 0 Å². The third-order valence-electron chi connectivity index (χ3n) is 4.03. The number of hydrogen-bond donors (Lipinski definition) is 1. The average Bonchev–Trinajstić information content (AvgIpc) is 2.67. The summed E-state index contributed by atoms with van der Waals surface area (Å²) in [6, 6.07) is 11.5. The molecule has 16 heavy (non-hydrogen) atoms. The zero-order valence-electron chi connectivity index (χ0n) is 9.60. The van der Waals surface area contributed by atoms with Gasteiger partial charge in [-0.2, -0.15) is 0 Å². The molecule has 1 saturated carbocycles. The van der Waals surface area contributed by atoms with Gasteiger partial charge in [-0.25, -0.2) is 0 Å². The lowest BCUT2D eigenvalue weighted by Crippen LogP contribution is -2.48. The standard InChI is InChI=1S/C15H19N/c1-2-5-12(6-3-1)9-10-16-15-11-13-7-4-8-14(13)15/h1-6,8,13-16H,7,9-11H2. The second-order valence-electron chi connectivity index (χ2n) is 5.03. The van der Waals surface area contributed by atoms with Crippen molar-refractivity contribution in [2.75, 3.05) is 6.54 Å². The Labute approximate surface area is 97.6 Å². The Hall–Kier alpha value is -1.08. The van der Waals surface area contributed by atoms with Crippen LogP contribution >= 0.6 is 0 Å². The van der Waals surface area contributed by atoms with E-state index in [1.807, 2.05) is 0 Å². The van der Waals surface area contributed by atoms with Crippen molar-refractivity contribution in [3.8, 4) is 0 Å². The summed E-state index contributed by atoms with van der Waals surface area (Å²) in [6.07, 6.45) is 8.62. The van der Waals surface area contributed by atoms with Crippen molar-refractivity contribution < 1.29 is 0 Å². The van der Waals surface area contributed by atoms with Crippen molar-refractivity contribution in [1.82, 2.24) is 5.32 Å². The molecule has 3 rings (SSSR count). The van der Waals surface area contributed by atoms with Crippen molar-refractivity contribution in [3.05, 3.63) is 48.0 Å². The number of benzene rings is 1. The van der Waals surface area contributed by atoms with Gasteiger partial charge in [0.2, 0.25) is 0 Å². The minimum atomic E-state index is 0.757. The van der Waals surface area contributed by atoms with Gasteiger partial charge in [0, 0.05) is 6.04 Å². The Morgan fingerprint density at radius 1 is 1.19 bits per heavy atom. The van der Waals surface area contributed by atoms with Crippen molar-refractivity contribution >= 4 is 0 Å². The van der Waals surface area contributed by atoms with Crippen LogP contribution in [-0.4, -0.2) is 12.6 Å². The van der Waals surface area contributed by atoms with Crippen molar-refractivity contribution in [3.63, 3.8) is 0 Å². The topological polar surface area (TPSA) is 12.0 Å². The second-order valence-corrected chi connectivity index (χ2v) is 5.03.